The highest BCUT2D eigenvalue weighted by Crippen LogP contribution is 2.43. The van der Waals surface area contributed by atoms with Crippen LogP contribution in [0.3, 0.4) is 0 Å². The third-order valence-corrected chi connectivity index (χ3v) is 5.31. The molecule has 6 nitrogen and oxygen atoms in total. The highest BCUT2D eigenvalue weighted by molar-refractivity contribution is 5.46. The summed E-state index contributed by atoms with van der Waals surface area (Å²) in [5.74, 6) is 2.16. The Balaban J connectivity index is 1.57. The quantitative estimate of drug-likeness (QED) is 0.905. The Morgan fingerprint density at radius 2 is 2.00 bits per heavy atom. The van der Waals surface area contributed by atoms with E-state index in [-0.39, 0.29) is 5.60 Å². The summed E-state index contributed by atoms with van der Waals surface area (Å²) in [4.78, 5) is 10.8. The van der Waals surface area contributed by atoms with Gasteiger partial charge in [0.1, 0.15) is 11.6 Å². The fourth-order valence-electron chi connectivity index (χ4n) is 4.03. The van der Waals surface area contributed by atoms with E-state index in [0.717, 1.165) is 56.2 Å². The normalized spacial score (nSPS) is 18.9. The molecule has 1 aromatic carbocycles. The topological polar surface area (TPSA) is 73.5 Å². The van der Waals surface area contributed by atoms with Gasteiger partial charge in [0.15, 0.2) is 0 Å². The summed E-state index contributed by atoms with van der Waals surface area (Å²) in [5.41, 5.74) is 9.18. The van der Waals surface area contributed by atoms with Crippen molar-refractivity contribution < 1.29 is 9.47 Å². The fraction of sp³-hybridized carbons (Fsp3) is 0.474. The molecule has 0 amide bonds. The zero-order valence-electron chi connectivity index (χ0n) is 14.8. The zero-order chi connectivity index (χ0) is 17.4. The van der Waals surface area contributed by atoms with Crippen LogP contribution in [0, 0.1) is 6.92 Å². The van der Waals surface area contributed by atoms with Crippen molar-refractivity contribution in [3.8, 4) is 5.75 Å². The molecule has 2 N–H and O–H groups in total. The third kappa shape index (κ3) is 2.91. The maximum atomic E-state index is 6.31. The molecular weight excluding hydrogens is 316 g/mol. The smallest absolute Gasteiger partial charge is 0.222 e. The van der Waals surface area contributed by atoms with Gasteiger partial charge >= 0.3 is 0 Å². The zero-order valence-corrected chi connectivity index (χ0v) is 14.8. The predicted octanol–water partition coefficient (Wildman–Crippen LogP) is 2.44. The van der Waals surface area contributed by atoms with Gasteiger partial charge in [-0.1, -0.05) is 6.07 Å². The maximum absolute atomic E-state index is 6.31. The van der Waals surface area contributed by atoms with Crippen LogP contribution >= 0.6 is 0 Å². The number of aryl methyl sites for hydroxylation is 1. The van der Waals surface area contributed by atoms with Crippen LogP contribution in [-0.2, 0) is 16.8 Å². The SMILES string of the molecule is COc1ccc2c(c1)CCOC21CCN(c2cc(C)nc(N)n2)CC1. The Hall–Kier alpha value is -2.34. The molecule has 1 spiro atoms. The van der Waals surface area contributed by atoms with Crippen molar-refractivity contribution in [3.05, 3.63) is 41.1 Å². The second-order valence-corrected chi connectivity index (χ2v) is 6.83. The van der Waals surface area contributed by atoms with Crippen molar-refractivity contribution in [2.45, 2.75) is 31.8 Å². The lowest BCUT2D eigenvalue weighted by Crippen LogP contribution is -2.47. The van der Waals surface area contributed by atoms with E-state index in [0.29, 0.717) is 5.95 Å². The highest BCUT2D eigenvalue weighted by Gasteiger charge is 2.41. The number of aromatic nitrogens is 2. The van der Waals surface area contributed by atoms with Gasteiger partial charge in [-0.25, -0.2) is 4.98 Å². The summed E-state index contributed by atoms with van der Waals surface area (Å²) in [7, 11) is 1.71. The minimum absolute atomic E-state index is 0.191. The number of rotatable bonds is 2. The summed E-state index contributed by atoms with van der Waals surface area (Å²) in [5, 5.41) is 0. The van der Waals surface area contributed by atoms with E-state index in [9.17, 15) is 0 Å². The number of hydrogen-bond acceptors (Lipinski definition) is 6. The number of ether oxygens (including phenoxy) is 2. The van der Waals surface area contributed by atoms with Crippen LogP contribution in [-0.4, -0.2) is 36.8 Å². The standard InChI is InChI=1S/C19H24N4O2/c1-13-11-17(22-18(20)21-13)23-8-6-19(7-9-23)16-4-3-15(24-2)12-14(16)5-10-25-19/h3-4,11-12H,5-10H2,1-2H3,(H2,20,21,22). The molecule has 132 valence electrons. The predicted molar refractivity (Wildman–Crippen MR) is 97.0 cm³/mol. The second kappa shape index (κ2) is 6.19. The van der Waals surface area contributed by atoms with Gasteiger partial charge in [-0.15, -0.1) is 0 Å². The molecule has 1 fully saturated rings. The first-order valence-corrected chi connectivity index (χ1v) is 8.77. The van der Waals surface area contributed by atoms with Crippen molar-refractivity contribution in [3.63, 3.8) is 0 Å². The van der Waals surface area contributed by atoms with Crippen LogP contribution in [0.1, 0.15) is 29.7 Å². The molecule has 0 saturated carbocycles. The van der Waals surface area contributed by atoms with E-state index in [4.69, 9.17) is 15.2 Å². The summed E-state index contributed by atoms with van der Waals surface area (Å²) in [6.45, 7) is 4.49. The summed E-state index contributed by atoms with van der Waals surface area (Å²) in [6.07, 6.45) is 2.82. The van der Waals surface area contributed by atoms with Gasteiger partial charge in [-0.05, 0) is 49.4 Å². The number of nitrogens with zero attached hydrogens (tertiary/aromatic N) is 3. The van der Waals surface area contributed by atoms with Crippen LogP contribution in [0.25, 0.3) is 0 Å². The molecule has 1 aromatic heterocycles. The Morgan fingerprint density at radius 1 is 1.20 bits per heavy atom. The number of benzene rings is 1. The van der Waals surface area contributed by atoms with Crippen LogP contribution in [0.2, 0.25) is 0 Å². The summed E-state index contributed by atoms with van der Waals surface area (Å²) < 4.78 is 11.7. The van der Waals surface area contributed by atoms with Gasteiger partial charge in [0.2, 0.25) is 5.95 Å². The molecule has 2 aliphatic rings. The average molecular weight is 340 g/mol. The molecule has 0 bridgehead atoms. The number of methoxy groups -OCH3 is 1. The van der Waals surface area contributed by atoms with Gasteiger partial charge < -0.3 is 20.1 Å². The highest BCUT2D eigenvalue weighted by atomic mass is 16.5. The number of anilines is 2. The van der Waals surface area contributed by atoms with E-state index in [1.54, 1.807) is 7.11 Å². The molecule has 0 aliphatic carbocycles. The van der Waals surface area contributed by atoms with E-state index < -0.39 is 0 Å². The van der Waals surface area contributed by atoms with Crippen molar-refractivity contribution >= 4 is 11.8 Å². The first kappa shape index (κ1) is 16.1. The molecular formula is C19H24N4O2. The molecule has 1 saturated heterocycles. The number of piperidine rings is 1. The van der Waals surface area contributed by atoms with Crippen molar-refractivity contribution in [1.82, 2.24) is 9.97 Å². The minimum Gasteiger partial charge on any atom is -0.497 e. The van der Waals surface area contributed by atoms with E-state index in [1.807, 2.05) is 19.1 Å². The van der Waals surface area contributed by atoms with Gasteiger partial charge in [0.25, 0.3) is 0 Å². The third-order valence-electron chi connectivity index (χ3n) is 5.31. The average Bonchev–Trinajstić information content (AvgIpc) is 2.61. The number of nitrogens with two attached hydrogens (primary N) is 1. The van der Waals surface area contributed by atoms with Crippen LogP contribution in [0.15, 0.2) is 24.3 Å². The van der Waals surface area contributed by atoms with Crippen molar-refractivity contribution in [2.75, 3.05) is 37.4 Å². The number of hydrogen-bond donors (Lipinski definition) is 1. The Kier molecular flexibility index (Phi) is 4.00. The van der Waals surface area contributed by atoms with Gasteiger partial charge in [-0.3, -0.25) is 0 Å². The molecule has 3 heterocycles. The maximum Gasteiger partial charge on any atom is 0.222 e. The largest absolute Gasteiger partial charge is 0.497 e. The second-order valence-electron chi connectivity index (χ2n) is 6.83. The Labute approximate surface area is 148 Å². The van der Waals surface area contributed by atoms with Crippen molar-refractivity contribution in [1.29, 1.82) is 0 Å². The molecule has 2 aliphatic heterocycles. The molecule has 0 unspecified atom stereocenters. The Bertz CT molecular complexity index is 765. The Morgan fingerprint density at radius 3 is 2.72 bits per heavy atom. The van der Waals surface area contributed by atoms with Crippen molar-refractivity contribution in [2.24, 2.45) is 0 Å². The summed E-state index contributed by atoms with van der Waals surface area (Å²) >= 11 is 0. The van der Waals surface area contributed by atoms with E-state index in [2.05, 4.69) is 27.0 Å². The molecule has 0 radical (unpaired) electrons. The first-order valence-electron chi connectivity index (χ1n) is 8.77. The van der Waals surface area contributed by atoms with E-state index >= 15 is 0 Å². The van der Waals surface area contributed by atoms with Gasteiger partial charge in [0, 0.05) is 24.8 Å². The van der Waals surface area contributed by atoms with Crippen LogP contribution in [0.5, 0.6) is 5.75 Å². The monoisotopic (exact) mass is 340 g/mol. The lowest BCUT2D eigenvalue weighted by Gasteiger charge is -2.45. The lowest BCUT2D eigenvalue weighted by atomic mass is 9.79. The van der Waals surface area contributed by atoms with E-state index in [1.165, 1.54) is 11.1 Å². The first-order chi connectivity index (χ1) is 12.1. The van der Waals surface area contributed by atoms with Gasteiger partial charge in [0.05, 0.1) is 19.3 Å². The molecule has 2 aromatic rings. The van der Waals surface area contributed by atoms with Crippen LogP contribution < -0.4 is 15.4 Å². The number of fused-ring (bicyclic) bond motifs is 2. The summed E-state index contributed by atoms with van der Waals surface area (Å²) in [6, 6.07) is 8.36. The molecule has 4 rings (SSSR count). The number of nitrogen functional groups attached to an aromatic ring is 1. The van der Waals surface area contributed by atoms with Gasteiger partial charge in [-0.2, -0.15) is 4.98 Å². The lowest BCUT2D eigenvalue weighted by molar-refractivity contribution is -0.0767. The fourth-order valence-corrected chi connectivity index (χ4v) is 4.03. The molecule has 0 atom stereocenters. The molecule has 6 heteroatoms. The molecule has 25 heavy (non-hydrogen) atoms. The minimum atomic E-state index is -0.191. The van der Waals surface area contributed by atoms with Crippen LogP contribution in [0.4, 0.5) is 11.8 Å².